The monoisotopic (exact) mass is 453 g/mol. The van der Waals surface area contributed by atoms with Crippen LogP contribution < -0.4 is 4.74 Å². The molecule has 0 atom stereocenters. The Morgan fingerprint density at radius 1 is 1.23 bits per heavy atom. The second-order valence-electron chi connectivity index (χ2n) is 5.32. The van der Waals surface area contributed by atoms with Crippen molar-refractivity contribution in [3.8, 4) is 11.5 Å². The number of phenolic OH excluding ortho intramolecular Hbond substituents is 1. The molecule has 2 aromatic carbocycles. The van der Waals surface area contributed by atoms with Crippen LogP contribution in [0.5, 0.6) is 11.5 Å². The van der Waals surface area contributed by atoms with Gasteiger partial charge in [0.05, 0.1) is 15.9 Å². The summed E-state index contributed by atoms with van der Waals surface area (Å²) >= 11 is 9.98. The van der Waals surface area contributed by atoms with Gasteiger partial charge in [0.1, 0.15) is 18.1 Å². The van der Waals surface area contributed by atoms with Crippen molar-refractivity contribution < 1.29 is 19.4 Å². The van der Waals surface area contributed by atoms with E-state index in [-0.39, 0.29) is 29.0 Å². The third-order valence-corrected chi connectivity index (χ3v) is 5.27. The number of aromatic hydroxyl groups is 1. The predicted molar refractivity (Wildman–Crippen MR) is 105 cm³/mol. The molecule has 3 rings (SSSR count). The van der Waals surface area contributed by atoms with Gasteiger partial charge in [-0.3, -0.25) is 14.5 Å². The van der Waals surface area contributed by atoms with Gasteiger partial charge >= 0.3 is 0 Å². The normalized spacial score (nSPS) is 15.8. The molecule has 0 spiro atoms. The van der Waals surface area contributed by atoms with Gasteiger partial charge in [0.2, 0.25) is 0 Å². The van der Waals surface area contributed by atoms with Crippen molar-refractivity contribution in [1.29, 1.82) is 0 Å². The molecule has 1 N–H and O–H groups in total. The fourth-order valence-electron chi connectivity index (χ4n) is 2.30. The average Bonchev–Trinajstić information content (AvgIpc) is 2.87. The maximum atomic E-state index is 12.5. The fourth-order valence-corrected chi connectivity index (χ4v) is 3.99. The average molecular weight is 455 g/mol. The first-order chi connectivity index (χ1) is 12.5. The first-order valence-electron chi connectivity index (χ1n) is 7.57. The Hall–Kier alpha value is -1.96. The van der Waals surface area contributed by atoms with Crippen molar-refractivity contribution in [3.05, 3.63) is 62.4 Å². The van der Waals surface area contributed by atoms with Gasteiger partial charge < -0.3 is 9.84 Å². The Morgan fingerprint density at radius 2 is 1.96 bits per heavy atom. The standard InChI is InChI=1S/C18H13BrClNO4S/c19-14-10-12(20)8-11(16(14)22)9-15-17(23)21(18(24)26-15)6-7-25-13-4-2-1-3-5-13/h1-5,8-10,22H,6-7H2/b15-9-. The van der Waals surface area contributed by atoms with Gasteiger partial charge in [-0.25, -0.2) is 0 Å². The number of ether oxygens (including phenoxy) is 1. The zero-order chi connectivity index (χ0) is 18.7. The van der Waals surface area contributed by atoms with Crippen molar-refractivity contribution >= 4 is 56.5 Å². The summed E-state index contributed by atoms with van der Waals surface area (Å²) in [6.45, 7) is 0.339. The van der Waals surface area contributed by atoms with Crippen LogP contribution in [-0.4, -0.2) is 34.3 Å². The molecule has 134 valence electrons. The van der Waals surface area contributed by atoms with Gasteiger partial charge in [-0.1, -0.05) is 29.8 Å². The van der Waals surface area contributed by atoms with E-state index in [0.717, 1.165) is 16.7 Å². The molecule has 0 radical (unpaired) electrons. The molecule has 8 heteroatoms. The Labute approximate surface area is 167 Å². The van der Waals surface area contributed by atoms with Crippen molar-refractivity contribution in [2.24, 2.45) is 0 Å². The molecule has 0 bridgehead atoms. The summed E-state index contributed by atoms with van der Waals surface area (Å²) in [5, 5.41) is 10.1. The van der Waals surface area contributed by atoms with Crippen LogP contribution in [0.25, 0.3) is 6.08 Å². The largest absolute Gasteiger partial charge is 0.506 e. The summed E-state index contributed by atoms with van der Waals surface area (Å²) < 4.78 is 5.94. The molecule has 2 aromatic rings. The maximum Gasteiger partial charge on any atom is 0.293 e. The van der Waals surface area contributed by atoms with E-state index in [0.29, 0.717) is 20.8 Å². The highest BCUT2D eigenvalue weighted by Crippen LogP contribution is 2.37. The molecule has 0 aromatic heterocycles. The number of thioether (sulfide) groups is 1. The summed E-state index contributed by atoms with van der Waals surface area (Å²) in [6.07, 6.45) is 1.45. The number of phenols is 1. The fraction of sp³-hybridized carbons (Fsp3) is 0.111. The number of amides is 2. The minimum absolute atomic E-state index is 0.0476. The lowest BCUT2D eigenvalue weighted by Gasteiger charge is -2.13. The van der Waals surface area contributed by atoms with E-state index >= 15 is 0 Å². The van der Waals surface area contributed by atoms with E-state index in [1.807, 2.05) is 18.2 Å². The van der Waals surface area contributed by atoms with Crippen LogP contribution in [0.15, 0.2) is 51.8 Å². The van der Waals surface area contributed by atoms with Gasteiger partial charge in [0, 0.05) is 10.6 Å². The predicted octanol–water partition coefficient (Wildman–Crippen LogP) is 4.92. The number of hydrogen-bond acceptors (Lipinski definition) is 5. The summed E-state index contributed by atoms with van der Waals surface area (Å²) in [6, 6.07) is 12.2. The van der Waals surface area contributed by atoms with Crippen LogP contribution in [0, 0.1) is 0 Å². The van der Waals surface area contributed by atoms with Gasteiger partial charge in [-0.05, 0) is 58.0 Å². The highest BCUT2D eigenvalue weighted by molar-refractivity contribution is 9.10. The SMILES string of the molecule is O=C1S/C(=C\c2cc(Cl)cc(Br)c2O)C(=O)N1CCOc1ccccc1. The minimum atomic E-state index is -0.424. The topological polar surface area (TPSA) is 66.8 Å². The molecule has 1 aliphatic heterocycles. The molecule has 1 fully saturated rings. The van der Waals surface area contributed by atoms with Gasteiger partial charge in [0.15, 0.2) is 0 Å². The van der Waals surface area contributed by atoms with Crippen LogP contribution in [0.2, 0.25) is 5.02 Å². The molecule has 5 nitrogen and oxygen atoms in total. The first kappa shape index (κ1) is 18.8. The second kappa shape index (κ2) is 8.16. The number of carbonyl (C=O) groups excluding carboxylic acids is 2. The minimum Gasteiger partial charge on any atom is -0.506 e. The van der Waals surface area contributed by atoms with Crippen LogP contribution in [0.1, 0.15) is 5.56 Å². The van der Waals surface area contributed by atoms with E-state index in [1.165, 1.54) is 12.1 Å². The highest BCUT2D eigenvalue weighted by atomic mass is 79.9. The third-order valence-electron chi connectivity index (χ3n) is 3.54. The molecule has 0 saturated carbocycles. The van der Waals surface area contributed by atoms with E-state index in [4.69, 9.17) is 16.3 Å². The molecule has 1 saturated heterocycles. The summed E-state index contributed by atoms with van der Waals surface area (Å²) in [7, 11) is 0. The molecule has 0 unspecified atom stereocenters. The third kappa shape index (κ3) is 4.23. The Bertz CT molecular complexity index is 888. The Balaban J connectivity index is 1.70. The van der Waals surface area contributed by atoms with Crippen molar-refractivity contribution in [2.75, 3.05) is 13.2 Å². The number of carbonyl (C=O) groups is 2. The van der Waals surface area contributed by atoms with Gasteiger partial charge in [-0.2, -0.15) is 0 Å². The molecule has 1 heterocycles. The lowest BCUT2D eigenvalue weighted by atomic mass is 10.2. The smallest absolute Gasteiger partial charge is 0.293 e. The number of hydrogen-bond donors (Lipinski definition) is 1. The van der Waals surface area contributed by atoms with Crippen molar-refractivity contribution in [2.45, 2.75) is 0 Å². The molecular formula is C18H13BrClNO4S. The number of halogens is 2. The lowest BCUT2D eigenvalue weighted by Crippen LogP contribution is -2.32. The number of para-hydroxylation sites is 1. The van der Waals surface area contributed by atoms with Crippen molar-refractivity contribution in [3.63, 3.8) is 0 Å². The molecular weight excluding hydrogens is 442 g/mol. The summed E-state index contributed by atoms with van der Waals surface area (Å²) in [4.78, 5) is 25.9. The van der Waals surface area contributed by atoms with E-state index in [2.05, 4.69) is 15.9 Å². The second-order valence-corrected chi connectivity index (χ2v) is 7.60. The number of rotatable bonds is 5. The maximum absolute atomic E-state index is 12.5. The van der Waals surface area contributed by atoms with Gasteiger partial charge in [0.25, 0.3) is 11.1 Å². The number of nitrogens with zero attached hydrogens (tertiary/aromatic N) is 1. The molecule has 26 heavy (non-hydrogen) atoms. The van der Waals surface area contributed by atoms with Crippen molar-refractivity contribution in [1.82, 2.24) is 4.90 Å². The first-order valence-corrected chi connectivity index (χ1v) is 9.55. The molecule has 1 aliphatic rings. The van der Waals surface area contributed by atoms with Crippen LogP contribution >= 0.6 is 39.3 Å². The number of imide groups is 1. The van der Waals surface area contributed by atoms with Gasteiger partial charge in [-0.15, -0.1) is 0 Å². The lowest BCUT2D eigenvalue weighted by molar-refractivity contribution is -0.123. The quantitative estimate of drug-likeness (QED) is 0.649. The van der Waals surface area contributed by atoms with E-state index < -0.39 is 5.91 Å². The zero-order valence-corrected chi connectivity index (χ0v) is 16.5. The number of benzene rings is 2. The summed E-state index contributed by atoms with van der Waals surface area (Å²) in [5.41, 5.74) is 0.357. The summed E-state index contributed by atoms with van der Waals surface area (Å²) in [5.74, 6) is 0.199. The highest BCUT2D eigenvalue weighted by Gasteiger charge is 2.35. The van der Waals surface area contributed by atoms with E-state index in [9.17, 15) is 14.7 Å². The van der Waals surface area contributed by atoms with Crippen LogP contribution in [-0.2, 0) is 4.79 Å². The van der Waals surface area contributed by atoms with Crippen LogP contribution in [0.4, 0.5) is 4.79 Å². The molecule has 0 aliphatic carbocycles. The molecule has 2 amide bonds. The zero-order valence-electron chi connectivity index (χ0n) is 13.3. The van der Waals surface area contributed by atoms with E-state index in [1.54, 1.807) is 18.2 Å². The Kier molecular flexibility index (Phi) is 5.90. The van der Waals surface area contributed by atoms with Crippen LogP contribution in [0.3, 0.4) is 0 Å². The Morgan fingerprint density at radius 3 is 2.69 bits per heavy atom.